The first-order valence-electron chi connectivity index (χ1n) is 5.42. The molecule has 0 spiro atoms. The summed E-state index contributed by atoms with van der Waals surface area (Å²) in [5.41, 5.74) is 0. The largest absolute Gasteiger partial charge is 0.154 e. The summed E-state index contributed by atoms with van der Waals surface area (Å²) in [5.74, 6) is 0. The standard InChI is InChI=1S/C16H19/c1-3-5-7-9-11-13-15-16-14-12-10-8-6-4-2/h3,5,7-16H,1,4H2,2H3/q+1. The van der Waals surface area contributed by atoms with Gasteiger partial charge in [0.05, 0.1) is 18.6 Å². The molecule has 0 aliphatic carbocycles. The highest BCUT2D eigenvalue weighted by molar-refractivity contribution is 5.19. The monoisotopic (exact) mass is 211 g/mol. The number of hydrogen-bond donors (Lipinski definition) is 0. The molecule has 0 heterocycles. The maximum Gasteiger partial charge on any atom is 0.154 e. The molecule has 0 unspecified atom stereocenters. The van der Waals surface area contributed by atoms with Crippen LogP contribution < -0.4 is 0 Å². The topological polar surface area (TPSA) is 0 Å². The van der Waals surface area contributed by atoms with Gasteiger partial charge in [-0.3, -0.25) is 0 Å². The molecule has 0 nitrogen and oxygen atoms in total. The quantitative estimate of drug-likeness (QED) is 0.422. The van der Waals surface area contributed by atoms with E-state index in [0.717, 1.165) is 6.42 Å². The van der Waals surface area contributed by atoms with E-state index >= 15 is 0 Å². The van der Waals surface area contributed by atoms with Crippen LogP contribution in [-0.2, 0) is 0 Å². The van der Waals surface area contributed by atoms with Crippen molar-refractivity contribution in [1.29, 1.82) is 0 Å². The Hall–Kier alpha value is -1.91. The van der Waals surface area contributed by atoms with Crippen molar-refractivity contribution < 1.29 is 0 Å². The van der Waals surface area contributed by atoms with Crippen molar-refractivity contribution in [1.82, 2.24) is 0 Å². The van der Waals surface area contributed by atoms with Gasteiger partial charge in [0.25, 0.3) is 0 Å². The van der Waals surface area contributed by atoms with E-state index in [4.69, 9.17) is 0 Å². The maximum atomic E-state index is 3.58. The highest BCUT2D eigenvalue weighted by Crippen LogP contribution is 1.85. The third-order valence-electron chi connectivity index (χ3n) is 1.55. The van der Waals surface area contributed by atoms with Crippen molar-refractivity contribution in [2.45, 2.75) is 13.3 Å². The normalized spacial score (nSPS) is 13.1. The summed E-state index contributed by atoms with van der Waals surface area (Å²) < 4.78 is 0. The van der Waals surface area contributed by atoms with Gasteiger partial charge in [-0.2, -0.15) is 0 Å². The van der Waals surface area contributed by atoms with Crippen molar-refractivity contribution in [2.24, 2.45) is 0 Å². The predicted molar refractivity (Wildman–Crippen MR) is 74.0 cm³/mol. The Morgan fingerprint density at radius 2 is 1.19 bits per heavy atom. The molecule has 0 bridgehead atoms. The molecule has 0 saturated carbocycles. The zero-order chi connectivity index (χ0) is 11.9. The number of allylic oxidation sites excluding steroid dienone is 13. The van der Waals surface area contributed by atoms with E-state index in [2.05, 4.69) is 19.6 Å². The number of hydrogen-bond acceptors (Lipinski definition) is 0. The lowest BCUT2D eigenvalue weighted by Crippen LogP contribution is -1.54. The smallest absolute Gasteiger partial charge is 0.0991 e. The van der Waals surface area contributed by atoms with Crippen molar-refractivity contribution >= 4 is 0 Å². The van der Waals surface area contributed by atoms with Crippen molar-refractivity contribution in [3.8, 4) is 0 Å². The van der Waals surface area contributed by atoms with Gasteiger partial charge in [0.2, 0.25) is 0 Å². The summed E-state index contributed by atoms with van der Waals surface area (Å²) in [7, 11) is 0. The van der Waals surface area contributed by atoms with Crippen LogP contribution in [-0.4, -0.2) is 0 Å². The van der Waals surface area contributed by atoms with Crippen LogP contribution in [0.1, 0.15) is 13.3 Å². The van der Waals surface area contributed by atoms with Gasteiger partial charge in [-0.15, -0.1) is 0 Å². The first-order valence-corrected chi connectivity index (χ1v) is 5.42. The fourth-order valence-electron chi connectivity index (χ4n) is 0.833. The van der Waals surface area contributed by atoms with Gasteiger partial charge in [0, 0.05) is 6.08 Å². The minimum atomic E-state index is 0.955. The lowest BCUT2D eigenvalue weighted by atomic mass is 10.3. The van der Waals surface area contributed by atoms with Gasteiger partial charge in [0.1, 0.15) is 0 Å². The average molecular weight is 211 g/mol. The Labute approximate surface area is 99.4 Å². The minimum Gasteiger partial charge on any atom is -0.0991 e. The van der Waals surface area contributed by atoms with E-state index in [1.54, 1.807) is 6.08 Å². The summed E-state index contributed by atoms with van der Waals surface area (Å²) >= 11 is 0. The molecule has 16 heavy (non-hydrogen) atoms. The lowest BCUT2D eigenvalue weighted by molar-refractivity contribution is 1.19. The van der Waals surface area contributed by atoms with Crippen molar-refractivity contribution in [3.63, 3.8) is 0 Å². The van der Waals surface area contributed by atoms with Gasteiger partial charge < -0.3 is 0 Å². The zero-order valence-corrected chi connectivity index (χ0v) is 9.84. The molecule has 0 fully saturated rings. The molecule has 82 valence electrons. The van der Waals surface area contributed by atoms with E-state index in [1.807, 2.05) is 66.8 Å². The molecule has 0 rings (SSSR count). The average Bonchev–Trinajstić information content (AvgIpc) is 2.31. The Bertz CT molecular complexity index is 320. The molecule has 0 amide bonds. The molecule has 0 atom stereocenters. The third-order valence-corrected chi connectivity index (χ3v) is 1.55. The van der Waals surface area contributed by atoms with Crippen LogP contribution in [0, 0.1) is 6.08 Å². The molecule has 0 aromatic carbocycles. The maximum absolute atomic E-state index is 3.58. The minimum absolute atomic E-state index is 0.955. The second-order valence-corrected chi connectivity index (χ2v) is 2.88. The van der Waals surface area contributed by atoms with E-state index in [1.165, 1.54) is 0 Å². The highest BCUT2D eigenvalue weighted by Gasteiger charge is 1.74. The van der Waals surface area contributed by atoms with Crippen LogP contribution in [0.4, 0.5) is 0 Å². The SMILES string of the molecule is C=CC=CC=CC=CC=CC=CC=[C+]CC. The van der Waals surface area contributed by atoms with Crippen LogP contribution in [0.3, 0.4) is 0 Å². The van der Waals surface area contributed by atoms with Crippen LogP contribution in [0.2, 0.25) is 0 Å². The van der Waals surface area contributed by atoms with Crippen molar-refractivity contribution in [3.05, 3.63) is 85.6 Å². The van der Waals surface area contributed by atoms with E-state index < -0.39 is 0 Å². The molecule has 0 aliphatic rings. The summed E-state index contributed by atoms with van der Waals surface area (Å²) in [6.45, 7) is 5.65. The second-order valence-electron chi connectivity index (χ2n) is 2.88. The fourth-order valence-corrected chi connectivity index (χ4v) is 0.833. The predicted octanol–water partition coefficient (Wildman–Crippen LogP) is 4.72. The molecular weight excluding hydrogens is 192 g/mol. The molecular formula is C16H19+. The number of rotatable bonds is 7. The van der Waals surface area contributed by atoms with Gasteiger partial charge in [0.15, 0.2) is 6.08 Å². The summed E-state index contributed by atoms with van der Waals surface area (Å²) in [4.78, 5) is 0. The van der Waals surface area contributed by atoms with E-state index in [-0.39, 0.29) is 0 Å². The van der Waals surface area contributed by atoms with Crippen LogP contribution in [0.5, 0.6) is 0 Å². The molecule has 0 aromatic heterocycles. The van der Waals surface area contributed by atoms with Crippen molar-refractivity contribution in [2.75, 3.05) is 0 Å². The Morgan fingerprint density at radius 3 is 1.62 bits per heavy atom. The molecule has 0 aromatic rings. The summed E-state index contributed by atoms with van der Waals surface area (Å²) in [6.07, 6.45) is 27.4. The molecule has 0 radical (unpaired) electrons. The van der Waals surface area contributed by atoms with Crippen LogP contribution in [0.25, 0.3) is 0 Å². The summed E-state index contributed by atoms with van der Waals surface area (Å²) in [5, 5.41) is 0. The Morgan fingerprint density at radius 1 is 0.750 bits per heavy atom. The molecule has 0 saturated heterocycles. The lowest BCUT2D eigenvalue weighted by Gasteiger charge is -1.72. The van der Waals surface area contributed by atoms with Crippen LogP contribution >= 0.6 is 0 Å². The molecule has 0 N–H and O–H groups in total. The Balaban J connectivity index is 3.74. The zero-order valence-electron chi connectivity index (χ0n) is 9.84. The highest BCUT2D eigenvalue weighted by atomic mass is 13.7. The van der Waals surface area contributed by atoms with E-state index in [9.17, 15) is 0 Å². The first-order chi connectivity index (χ1) is 7.91. The third kappa shape index (κ3) is 12.1. The van der Waals surface area contributed by atoms with E-state index in [0.29, 0.717) is 0 Å². The van der Waals surface area contributed by atoms with Gasteiger partial charge in [-0.05, 0) is 13.0 Å². The second kappa shape index (κ2) is 13.1. The fraction of sp³-hybridized carbons (Fsp3) is 0.125. The van der Waals surface area contributed by atoms with Crippen LogP contribution in [0.15, 0.2) is 79.5 Å². The summed E-state index contributed by atoms with van der Waals surface area (Å²) in [6, 6.07) is 0. The molecule has 0 heteroatoms. The molecule has 0 aliphatic heterocycles. The first kappa shape index (κ1) is 14.1. The van der Waals surface area contributed by atoms with Gasteiger partial charge in [-0.1, -0.05) is 55.2 Å². The van der Waals surface area contributed by atoms with Gasteiger partial charge >= 0.3 is 0 Å². The Kier molecular flexibility index (Phi) is 11.5. The van der Waals surface area contributed by atoms with Gasteiger partial charge in [-0.25, -0.2) is 0 Å².